The molecule has 0 radical (unpaired) electrons. The standard InChI is InChI=1S/C20H22N8O3S/c1-26-19-15(12-24-26)20(23-13-22-19)28-10-8-27(9-11-28)17(29)6-7-21-18-14-4-2-3-5-16(14)32(30,31)25-18/h2-5,12-13H,6-11H2,1H3,(H,21,25). The number of piperazine rings is 1. The number of aliphatic imine (C=N–C) groups is 1. The molecule has 5 rings (SSSR count). The van der Waals surface area contributed by atoms with Crippen LogP contribution >= 0.6 is 0 Å². The molecule has 12 heteroatoms. The Balaban J connectivity index is 1.19. The topological polar surface area (TPSA) is 126 Å². The first-order valence-corrected chi connectivity index (χ1v) is 11.7. The highest BCUT2D eigenvalue weighted by molar-refractivity contribution is 7.90. The maximum absolute atomic E-state index is 12.7. The molecule has 2 aliphatic rings. The molecule has 166 valence electrons. The van der Waals surface area contributed by atoms with Crippen molar-refractivity contribution in [2.45, 2.75) is 11.3 Å². The van der Waals surface area contributed by atoms with Crippen LogP contribution in [-0.4, -0.2) is 77.5 Å². The molecule has 0 atom stereocenters. The van der Waals surface area contributed by atoms with Crippen LogP contribution in [0, 0.1) is 0 Å². The number of carbonyl (C=O) groups is 1. The maximum Gasteiger partial charge on any atom is 0.263 e. The number of fused-ring (bicyclic) bond motifs is 2. The van der Waals surface area contributed by atoms with Crippen LogP contribution in [0.15, 0.2) is 46.7 Å². The van der Waals surface area contributed by atoms with Crippen LogP contribution in [-0.2, 0) is 21.9 Å². The van der Waals surface area contributed by atoms with Crippen molar-refractivity contribution in [1.29, 1.82) is 0 Å². The van der Waals surface area contributed by atoms with Gasteiger partial charge in [0.05, 0.1) is 23.0 Å². The second kappa shape index (κ2) is 7.86. The minimum atomic E-state index is -3.57. The van der Waals surface area contributed by atoms with Gasteiger partial charge in [-0.15, -0.1) is 0 Å². The zero-order chi connectivity index (χ0) is 22.3. The van der Waals surface area contributed by atoms with E-state index in [1.165, 1.54) is 6.33 Å². The largest absolute Gasteiger partial charge is 0.352 e. The average molecular weight is 455 g/mol. The predicted octanol–water partition coefficient (Wildman–Crippen LogP) is 0.141. The Labute approximate surface area is 184 Å². The lowest BCUT2D eigenvalue weighted by atomic mass is 10.2. The Bertz CT molecular complexity index is 1330. The van der Waals surface area contributed by atoms with Crippen LogP contribution in [0.4, 0.5) is 5.82 Å². The Morgan fingerprint density at radius 1 is 1.16 bits per heavy atom. The van der Waals surface area contributed by atoms with Gasteiger partial charge in [-0.25, -0.2) is 18.4 Å². The molecule has 1 aromatic carbocycles. The van der Waals surface area contributed by atoms with Crippen LogP contribution in [0.3, 0.4) is 0 Å². The number of amides is 1. The van der Waals surface area contributed by atoms with Gasteiger partial charge >= 0.3 is 0 Å². The number of nitrogens with one attached hydrogen (secondary N) is 1. The first-order chi connectivity index (χ1) is 15.4. The Morgan fingerprint density at radius 2 is 1.94 bits per heavy atom. The highest BCUT2D eigenvalue weighted by atomic mass is 32.2. The zero-order valence-corrected chi connectivity index (χ0v) is 18.3. The molecule has 0 saturated carbocycles. The van der Waals surface area contributed by atoms with Gasteiger partial charge in [-0.1, -0.05) is 12.1 Å². The summed E-state index contributed by atoms with van der Waals surface area (Å²) in [7, 11) is -1.73. The molecule has 2 aromatic heterocycles. The van der Waals surface area contributed by atoms with Crippen LogP contribution in [0.2, 0.25) is 0 Å². The summed E-state index contributed by atoms with van der Waals surface area (Å²) in [6.45, 7) is 2.70. The van der Waals surface area contributed by atoms with Gasteiger partial charge in [-0.2, -0.15) is 5.10 Å². The van der Waals surface area contributed by atoms with Crippen molar-refractivity contribution in [3.8, 4) is 0 Å². The number of hydrogen-bond acceptors (Lipinski definition) is 8. The molecule has 1 N–H and O–H groups in total. The number of rotatable bonds is 4. The molecule has 3 aromatic rings. The fourth-order valence-electron chi connectivity index (χ4n) is 4.04. The molecule has 4 heterocycles. The number of hydrogen-bond donors (Lipinski definition) is 1. The summed E-state index contributed by atoms with van der Waals surface area (Å²) in [5.41, 5.74) is 1.32. The number of aromatic nitrogens is 4. The van der Waals surface area contributed by atoms with Gasteiger partial charge in [-0.05, 0) is 12.1 Å². The van der Waals surface area contributed by atoms with Gasteiger partial charge in [-0.3, -0.25) is 19.2 Å². The Morgan fingerprint density at radius 3 is 2.75 bits per heavy atom. The van der Waals surface area contributed by atoms with E-state index < -0.39 is 10.0 Å². The van der Waals surface area contributed by atoms with Crippen molar-refractivity contribution < 1.29 is 13.2 Å². The van der Waals surface area contributed by atoms with E-state index in [-0.39, 0.29) is 23.8 Å². The molecule has 0 unspecified atom stereocenters. The lowest BCUT2D eigenvalue weighted by molar-refractivity contribution is -0.131. The van der Waals surface area contributed by atoms with Crippen molar-refractivity contribution in [2.75, 3.05) is 37.6 Å². The number of nitrogens with zero attached hydrogens (tertiary/aromatic N) is 7. The number of benzene rings is 1. The maximum atomic E-state index is 12.7. The molecule has 1 saturated heterocycles. The molecule has 1 fully saturated rings. The molecule has 0 bridgehead atoms. The Hall–Kier alpha value is -3.54. The van der Waals surface area contributed by atoms with Gasteiger partial charge < -0.3 is 9.80 Å². The minimum Gasteiger partial charge on any atom is -0.352 e. The summed E-state index contributed by atoms with van der Waals surface area (Å²) in [4.78, 5) is 29.9. The van der Waals surface area contributed by atoms with Crippen molar-refractivity contribution in [3.05, 3.63) is 42.4 Å². The van der Waals surface area contributed by atoms with E-state index in [1.807, 2.05) is 11.9 Å². The lowest BCUT2D eigenvalue weighted by Crippen LogP contribution is -2.49. The van der Waals surface area contributed by atoms with Crippen molar-refractivity contribution in [1.82, 2.24) is 29.4 Å². The smallest absolute Gasteiger partial charge is 0.263 e. The van der Waals surface area contributed by atoms with Crippen LogP contribution < -0.4 is 9.62 Å². The average Bonchev–Trinajstić information content (AvgIpc) is 3.31. The fraction of sp³-hybridized carbons (Fsp3) is 0.350. The molecular weight excluding hydrogens is 432 g/mol. The summed E-state index contributed by atoms with van der Waals surface area (Å²) in [6.07, 6.45) is 3.51. The van der Waals surface area contributed by atoms with Crippen molar-refractivity contribution >= 4 is 38.6 Å². The van der Waals surface area contributed by atoms with E-state index in [2.05, 4.69) is 29.7 Å². The third-order valence-electron chi connectivity index (χ3n) is 5.70. The molecule has 1 amide bonds. The second-order valence-electron chi connectivity index (χ2n) is 7.65. The number of sulfonamides is 1. The zero-order valence-electron chi connectivity index (χ0n) is 17.5. The van der Waals surface area contributed by atoms with Crippen molar-refractivity contribution in [3.63, 3.8) is 0 Å². The highest BCUT2D eigenvalue weighted by Crippen LogP contribution is 2.24. The van der Waals surface area contributed by atoms with Crippen LogP contribution in [0.25, 0.3) is 11.0 Å². The molecule has 11 nitrogen and oxygen atoms in total. The molecule has 0 spiro atoms. The summed E-state index contributed by atoms with van der Waals surface area (Å²) in [5.74, 6) is 1.12. The summed E-state index contributed by atoms with van der Waals surface area (Å²) >= 11 is 0. The fourth-order valence-corrected chi connectivity index (χ4v) is 5.29. The molecular formula is C20H22N8O3S. The lowest BCUT2D eigenvalue weighted by Gasteiger charge is -2.35. The van der Waals surface area contributed by atoms with E-state index in [1.54, 1.807) is 35.1 Å². The quantitative estimate of drug-likeness (QED) is 0.594. The minimum absolute atomic E-state index is 0.00245. The molecule has 2 aliphatic heterocycles. The number of amidine groups is 1. The third kappa shape index (κ3) is 3.55. The second-order valence-corrected chi connectivity index (χ2v) is 9.30. The third-order valence-corrected chi connectivity index (χ3v) is 7.10. The summed E-state index contributed by atoms with van der Waals surface area (Å²) < 4.78 is 28.5. The first kappa shape index (κ1) is 20.4. The van der Waals surface area contributed by atoms with E-state index in [0.29, 0.717) is 37.6 Å². The van der Waals surface area contributed by atoms with Gasteiger partial charge in [0, 0.05) is 45.2 Å². The Kier molecular flexibility index (Phi) is 5.00. The van der Waals surface area contributed by atoms with E-state index in [9.17, 15) is 13.2 Å². The normalized spacial score (nSPS) is 18.7. The van der Waals surface area contributed by atoms with E-state index in [0.717, 1.165) is 16.9 Å². The first-order valence-electron chi connectivity index (χ1n) is 10.3. The van der Waals surface area contributed by atoms with Crippen molar-refractivity contribution in [2.24, 2.45) is 12.0 Å². The number of anilines is 1. The number of aryl methyl sites for hydroxylation is 1. The summed E-state index contributed by atoms with van der Waals surface area (Å²) in [5, 5.41) is 5.15. The molecule has 32 heavy (non-hydrogen) atoms. The monoisotopic (exact) mass is 454 g/mol. The summed E-state index contributed by atoms with van der Waals surface area (Å²) in [6, 6.07) is 6.68. The number of carbonyl (C=O) groups excluding carboxylic acids is 1. The van der Waals surface area contributed by atoms with Crippen LogP contribution in [0.1, 0.15) is 12.0 Å². The highest BCUT2D eigenvalue weighted by Gasteiger charge is 2.30. The van der Waals surface area contributed by atoms with Gasteiger partial charge in [0.15, 0.2) is 5.65 Å². The molecule has 0 aliphatic carbocycles. The van der Waals surface area contributed by atoms with E-state index in [4.69, 9.17) is 0 Å². The predicted molar refractivity (Wildman–Crippen MR) is 118 cm³/mol. The van der Waals surface area contributed by atoms with E-state index >= 15 is 0 Å². The SMILES string of the molecule is Cn1ncc2c(N3CCN(C(=O)CCN=C4NS(=O)(=O)c5ccccc54)CC3)ncnc21. The van der Waals surface area contributed by atoms with Gasteiger partial charge in [0.25, 0.3) is 10.0 Å². The van der Waals surface area contributed by atoms with Crippen LogP contribution in [0.5, 0.6) is 0 Å². The van der Waals surface area contributed by atoms with Gasteiger partial charge in [0.1, 0.15) is 18.0 Å². The van der Waals surface area contributed by atoms with Gasteiger partial charge in [0.2, 0.25) is 5.91 Å².